The molecule has 3 rings (SSSR count). The van der Waals surface area contributed by atoms with Crippen molar-refractivity contribution in [3.05, 3.63) is 94.5 Å². The molecule has 0 saturated carbocycles. The highest BCUT2D eigenvalue weighted by Crippen LogP contribution is 2.22. The number of rotatable bonds is 6. The molecular weight excluding hydrogens is 306 g/mol. The lowest BCUT2D eigenvalue weighted by Gasteiger charge is -2.14. The summed E-state index contributed by atoms with van der Waals surface area (Å²) in [6, 6.07) is 23.1. The van der Waals surface area contributed by atoms with Crippen LogP contribution in [0.5, 0.6) is 5.75 Å². The summed E-state index contributed by atoms with van der Waals surface area (Å²) in [4.78, 5) is 0. The van der Waals surface area contributed by atoms with Crippen molar-refractivity contribution >= 4 is 5.69 Å². The van der Waals surface area contributed by atoms with E-state index in [-0.39, 0.29) is 0 Å². The van der Waals surface area contributed by atoms with E-state index in [1.807, 2.05) is 12.1 Å². The summed E-state index contributed by atoms with van der Waals surface area (Å²) >= 11 is 0. The molecule has 0 fully saturated rings. The van der Waals surface area contributed by atoms with Crippen molar-refractivity contribution in [3.8, 4) is 5.75 Å². The molecule has 2 nitrogen and oxygen atoms in total. The molecule has 0 aliphatic carbocycles. The van der Waals surface area contributed by atoms with Gasteiger partial charge in [-0.05, 0) is 55.7 Å². The summed E-state index contributed by atoms with van der Waals surface area (Å²) in [7, 11) is 0. The van der Waals surface area contributed by atoms with E-state index in [9.17, 15) is 0 Å². The average molecular weight is 331 g/mol. The molecule has 1 N–H and O–H groups in total. The maximum absolute atomic E-state index is 6.07. The SMILES string of the molecule is Cc1cccc(COc2ccccc2CNc2ccc(C)c(C)c2)c1. The van der Waals surface area contributed by atoms with Gasteiger partial charge in [0.1, 0.15) is 12.4 Å². The molecule has 0 aliphatic rings. The Morgan fingerprint density at radius 3 is 2.44 bits per heavy atom. The third-order valence-electron chi connectivity index (χ3n) is 4.44. The summed E-state index contributed by atoms with van der Waals surface area (Å²) in [5, 5.41) is 3.50. The second-order valence-electron chi connectivity index (χ2n) is 6.54. The molecular formula is C23H25NO. The molecule has 0 amide bonds. The van der Waals surface area contributed by atoms with Gasteiger partial charge >= 0.3 is 0 Å². The van der Waals surface area contributed by atoms with Crippen molar-refractivity contribution in [3.63, 3.8) is 0 Å². The molecule has 0 aromatic heterocycles. The minimum absolute atomic E-state index is 0.586. The first kappa shape index (κ1) is 17.1. The predicted octanol–water partition coefficient (Wildman–Crippen LogP) is 5.80. The number of hydrogen-bond acceptors (Lipinski definition) is 2. The zero-order valence-electron chi connectivity index (χ0n) is 15.2. The Labute approximate surface area is 150 Å². The van der Waals surface area contributed by atoms with Gasteiger partial charge in [-0.2, -0.15) is 0 Å². The highest BCUT2D eigenvalue weighted by Gasteiger charge is 2.04. The Kier molecular flexibility index (Phi) is 5.39. The minimum Gasteiger partial charge on any atom is -0.489 e. The zero-order chi connectivity index (χ0) is 17.6. The Balaban J connectivity index is 1.67. The second-order valence-corrected chi connectivity index (χ2v) is 6.54. The topological polar surface area (TPSA) is 21.3 Å². The summed E-state index contributed by atoms with van der Waals surface area (Å²) in [6.45, 7) is 7.70. The second kappa shape index (κ2) is 7.89. The van der Waals surface area contributed by atoms with E-state index >= 15 is 0 Å². The maximum Gasteiger partial charge on any atom is 0.124 e. The first-order valence-corrected chi connectivity index (χ1v) is 8.69. The van der Waals surface area contributed by atoms with Gasteiger partial charge in [0.15, 0.2) is 0 Å². The lowest BCUT2D eigenvalue weighted by atomic mass is 10.1. The van der Waals surface area contributed by atoms with Crippen LogP contribution in [-0.4, -0.2) is 0 Å². The number of aryl methyl sites for hydroxylation is 3. The first-order chi connectivity index (χ1) is 12.1. The molecule has 0 aliphatic heterocycles. The van der Waals surface area contributed by atoms with E-state index in [1.165, 1.54) is 22.3 Å². The molecule has 0 atom stereocenters. The third kappa shape index (κ3) is 4.63. The predicted molar refractivity (Wildman–Crippen MR) is 105 cm³/mol. The van der Waals surface area contributed by atoms with Gasteiger partial charge in [-0.15, -0.1) is 0 Å². The van der Waals surface area contributed by atoms with Crippen LogP contribution in [0.15, 0.2) is 66.7 Å². The molecule has 25 heavy (non-hydrogen) atoms. The van der Waals surface area contributed by atoms with E-state index in [2.05, 4.69) is 80.7 Å². The number of anilines is 1. The number of para-hydroxylation sites is 1. The van der Waals surface area contributed by atoms with Crippen molar-refractivity contribution in [2.24, 2.45) is 0 Å². The molecule has 0 spiro atoms. The fourth-order valence-electron chi connectivity index (χ4n) is 2.80. The van der Waals surface area contributed by atoms with Crippen LogP contribution in [0.25, 0.3) is 0 Å². The molecule has 0 heterocycles. The largest absolute Gasteiger partial charge is 0.489 e. The Hall–Kier alpha value is -2.74. The summed E-state index contributed by atoms with van der Waals surface area (Å²) in [5.74, 6) is 0.931. The van der Waals surface area contributed by atoms with E-state index in [4.69, 9.17) is 4.74 Å². The standard InChI is InChI=1S/C23H25NO/c1-17-7-6-8-20(13-17)16-25-23-10-5-4-9-21(23)15-24-22-12-11-18(2)19(3)14-22/h4-14,24H,15-16H2,1-3H3. The summed E-state index contributed by atoms with van der Waals surface area (Å²) < 4.78 is 6.07. The van der Waals surface area contributed by atoms with Gasteiger partial charge in [-0.3, -0.25) is 0 Å². The van der Waals surface area contributed by atoms with E-state index < -0.39 is 0 Å². The fraction of sp³-hybridized carbons (Fsp3) is 0.217. The van der Waals surface area contributed by atoms with E-state index in [0.29, 0.717) is 6.61 Å². The van der Waals surface area contributed by atoms with Crippen molar-refractivity contribution < 1.29 is 4.74 Å². The lowest BCUT2D eigenvalue weighted by molar-refractivity contribution is 0.303. The van der Waals surface area contributed by atoms with Crippen molar-refractivity contribution in [1.82, 2.24) is 0 Å². The summed E-state index contributed by atoms with van der Waals surface area (Å²) in [6.07, 6.45) is 0. The van der Waals surface area contributed by atoms with Crippen LogP contribution in [0.2, 0.25) is 0 Å². The smallest absolute Gasteiger partial charge is 0.124 e. The van der Waals surface area contributed by atoms with Crippen molar-refractivity contribution in [2.75, 3.05) is 5.32 Å². The zero-order valence-corrected chi connectivity index (χ0v) is 15.2. The summed E-state index contributed by atoms with van der Waals surface area (Å²) in [5.41, 5.74) is 7.36. The first-order valence-electron chi connectivity index (χ1n) is 8.69. The van der Waals surface area contributed by atoms with E-state index in [0.717, 1.165) is 23.5 Å². The Morgan fingerprint density at radius 2 is 1.64 bits per heavy atom. The van der Waals surface area contributed by atoms with Crippen molar-refractivity contribution in [2.45, 2.75) is 33.9 Å². The highest BCUT2D eigenvalue weighted by atomic mass is 16.5. The molecule has 3 aromatic carbocycles. The number of nitrogens with one attached hydrogen (secondary N) is 1. The molecule has 0 unspecified atom stereocenters. The molecule has 2 heteroatoms. The number of ether oxygens (including phenoxy) is 1. The van der Waals surface area contributed by atoms with Crippen LogP contribution >= 0.6 is 0 Å². The molecule has 3 aromatic rings. The Morgan fingerprint density at radius 1 is 0.800 bits per heavy atom. The van der Waals surface area contributed by atoms with Crippen LogP contribution < -0.4 is 10.1 Å². The van der Waals surface area contributed by atoms with Crippen LogP contribution in [0.1, 0.15) is 27.8 Å². The van der Waals surface area contributed by atoms with Crippen molar-refractivity contribution in [1.29, 1.82) is 0 Å². The van der Waals surface area contributed by atoms with Gasteiger partial charge in [0.25, 0.3) is 0 Å². The molecule has 0 saturated heterocycles. The van der Waals surface area contributed by atoms with Gasteiger partial charge in [-0.25, -0.2) is 0 Å². The van der Waals surface area contributed by atoms with Gasteiger partial charge in [0.2, 0.25) is 0 Å². The van der Waals surface area contributed by atoms with Crippen LogP contribution in [0.4, 0.5) is 5.69 Å². The molecule has 0 radical (unpaired) electrons. The third-order valence-corrected chi connectivity index (χ3v) is 4.44. The Bertz CT molecular complexity index is 854. The monoisotopic (exact) mass is 331 g/mol. The highest BCUT2D eigenvalue weighted by molar-refractivity contribution is 5.49. The fourth-order valence-corrected chi connectivity index (χ4v) is 2.80. The van der Waals surface area contributed by atoms with Crippen LogP contribution in [0, 0.1) is 20.8 Å². The van der Waals surface area contributed by atoms with Gasteiger partial charge in [0, 0.05) is 17.8 Å². The van der Waals surface area contributed by atoms with Gasteiger partial charge in [-0.1, -0.05) is 54.1 Å². The number of hydrogen-bond donors (Lipinski definition) is 1. The van der Waals surface area contributed by atoms with E-state index in [1.54, 1.807) is 0 Å². The van der Waals surface area contributed by atoms with Crippen LogP contribution in [-0.2, 0) is 13.2 Å². The average Bonchev–Trinajstić information content (AvgIpc) is 2.62. The quantitative estimate of drug-likeness (QED) is 0.616. The van der Waals surface area contributed by atoms with Gasteiger partial charge < -0.3 is 10.1 Å². The van der Waals surface area contributed by atoms with Crippen LogP contribution in [0.3, 0.4) is 0 Å². The van der Waals surface area contributed by atoms with Gasteiger partial charge in [0.05, 0.1) is 0 Å². The lowest BCUT2D eigenvalue weighted by Crippen LogP contribution is -2.04. The minimum atomic E-state index is 0.586. The normalized spacial score (nSPS) is 10.5. The molecule has 128 valence electrons. The number of benzene rings is 3. The maximum atomic E-state index is 6.07. The molecule has 0 bridgehead atoms.